The number of nitrogens with one attached hydrogen (secondary N) is 1. The Bertz CT molecular complexity index is 337. The van der Waals surface area contributed by atoms with E-state index in [1.54, 1.807) is 0 Å². The molecule has 0 aliphatic rings. The molecule has 0 aliphatic carbocycles. The van der Waals surface area contributed by atoms with Crippen LogP contribution in [0.15, 0.2) is 4.52 Å². The summed E-state index contributed by atoms with van der Waals surface area (Å²) >= 11 is 1.88. The molecule has 2 atom stereocenters. The first-order chi connectivity index (χ1) is 9.19. The van der Waals surface area contributed by atoms with Gasteiger partial charge in [-0.15, -0.1) is 0 Å². The van der Waals surface area contributed by atoms with Gasteiger partial charge in [-0.05, 0) is 19.4 Å². The number of rotatable bonds is 10. The summed E-state index contributed by atoms with van der Waals surface area (Å²) in [6, 6.07) is 0.450. The van der Waals surface area contributed by atoms with Crippen LogP contribution in [0.1, 0.15) is 58.7 Å². The first kappa shape index (κ1) is 16.5. The van der Waals surface area contributed by atoms with E-state index in [0.29, 0.717) is 11.3 Å². The summed E-state index contributed by atoms with van der Waals surface area (Å²) in [5, 5.41) is 8.18. The lowest BCUT2D eigenvalue weighted by Crippen LogP contribution is -2.30. The minimum absolute atomic E-state index is 0.450. The van der Waals surface area contributed by atoms with Crippen molar-refractivity contribution in [3.8, 4) is 0 Å². The lowest BCUT2D eigenvalue weighted by Gasteiger charge is -2.14. The van der Waals surface area contributed by atoms with E-state index in [-0.39, 0.29) is 0 Å². The molecule has 1 N–H and O–H groups in total. The van der Waals surface area contributed by atoms with Gasteiger partial charge in [0.2, 0.25) is 5.89 Å². The molecule has 0 radical (unpaired) electrons. The molecule has 0 fully saturated rings. The summed E-state index contributed by atoms with van der Waals surface area (Å²) < 4.78 is 5.34. The Hall–Kier alpha value is -0.550. The minimum atomic E-state index is 0.450. The van der Waals surface area contributed by atoms with Gasteiger partial charge in [0.1, 0.15) is 0 Å². The average molecular weight is 285 g/mol. The Balaban J connectivity index is 2.44. The molecular weight excluding hydrogens is 258 g/mol. The molecule has 19 heavy (non-hydrogen) atoms. The molecule has 1 aromatic heterocycles. The van der Waals surface area contributed by atoms with E-state index < -0.39 is 0 Å². The van der Waals surface area contributed by atoms with Crippen LogP contribution in [0, 0.1) is 0 Å². The molecule has 5 heteroatoms. The van der Waals surface area contributed by atoms with Gasteiger partial charge in [0.15, 0.2) is 5.82 Å². The third kappa shape index (κ3) is 6.43. The van der Waals surface area contributed by atoms with E-state index in [9.17, 15) is 0 Å². The highest BCUT2D eigenvalue weighted by atomic mass is 32.2. The number of thioether (sulfide) groups is 1. The zero-order valence-corrected chi connectivity index (χ0v) is 13.4. The number of hydrogen-bond donors (Lipinski definition) is 1. The van der Waals surface area contributed by atoms with Gasteiger partial charge in [-0.3, -0.25) is 0 Å². The van der Waals surface area contributed by atoms with Crippen LogP contribution in [0.3, 0.4) is 0 Å². The number of hydrogen-bond acceptors (Lipinski definition) is 5. The largest absolute Gasteiger partial charge is 0.339 e. The normalized spacial score (nSPS) is 14.5. The van der Waals surface area contributed by atoms with Gasteiger partial charge in [-0.1, -0.05) is 39.3 Å². The molecule has 0 saturated heterocycles. The van der Waals surface area contributed by atoms with E-state index in [0.717, 1.165) is 36.9 Å². The van der Waals surface area contributed by atoms with E-state index in [2.05, 4.69) is 43.2 Å². The summed E-state index contributed by atoms with van der Waals surface area (Å²) in [4.78, 5) is 4.48. The molecule has 0 saturated carbocycles. The number of aromatic nitrogens is 2. The summed E-state index contributed by atoms with van der Waals surface area (Å²) in [5.74, 6) is 2.43. The lowest BCUT2D eigenvalue weighted by molar-refractivity contribution is 0.349. The molecular formula is C14H27N3OS. The Morgan fingerprint density at radius 2 is 2.11 bits per heavy atom. The molecule has 2 unspecified atom stereocenters. The maximum Gasteiger partial charge on any atom is 0.228 e. The molecule has 110 valence electrons. The van der Waals surface area contributed by atoms with Crippen molar-refractivity contribution in [2.45, 2.75) is 70.4 Å². The zero-order valence-electron chi connectivity index (χ0n) is 12.6. The molecule has 1 heterocycles. The molecule has 1 rings (SSSR count). The van der Waals surface area contributed by atoms with Gasteiger partial charge in [-0.2, -0.15) is 16.7 Å². The molecule has 0 amide bonds. The maximum absolute atomic E-state index is 5.34. The van der Waals surface area contributed by atoms with Gasteiger partial charge >= 0.3 is 0 Å². The Morgan fingerprint density at radius 1 is 1.32 bits per heavy atom. The molecule has 0 aliphatic heterocycles. The lowest BCUT2D eigenvalue weighted by atomic mass is 10.1. The molecule has 0 bridgehead atoms. The van der Waals surface area contributed by atoms with Crippen molar-refractivity contribution in [1.82, 2.24) is 15.5 Å². The summed E-state index contributed by atoms with van der Waals surface area (Å²) in [6.07, 6.45) is 4.33. The van der Waals surface area contributed by atoms with Crippen molar-refractivity contribution in [2.24, 2.45) is 0 Å². The maximum atomic E-state index is 5.34. The van der Waals surface area contributed by atoms with Crippen LogP contribution < -0.4 is 5.32 Å². The molecule has 1 aromatic rings. The first-order valence-corrected chi connectivity index (χ1v) is 8.40. The highest BCUT2D eigenvalue weighted by Crippen LogP contribution is 2.18. The van der Waals surface area contributed by atoms with Crippen LogP contribution in [0.4, 0.5) is 0 Å². The third-order valence-corrected chi connectivity index (χ3v) is 4.46. The van der Waals surface area contributed by atoms with E-state index >= 15 is 0 Å². The van der Waals surface area contributed by atoms with Crippen molar-refractivity contribution < 1.29 is 4.52 Å². The second-order valence-electron chi connectivity index (χ2n) is 4.88. The SMILES string of the molecule is CCCC(Cc1nc(CSC(C)CC)no1)NCC. The topological polar surface area (TPSA) is 51.0 Å². The second-order valence-corrected chi connectivity index (χ2v) is 6.31. The molecule has 0 aromatic carbocycles. The molecule has 0 spiro atoms. The second kappa shape index (κ2) is 9.37. The van der Waals surface area contributed by atoms with Crippen molar-refractivity contribution >= 4 is 11.8 Å². The van der Waals surface area contributed by atoms with Crippen LogP contribution in [0.2, 0.25) is 0 Å². The zero-order chi connectivity index (χ0) is 14.1. The average Bonchev–Trinajstić information content (AvgIpc) is 2.84. The van der Waals surface area contributed by atoms with Crippen LogP contribution in [0.25, 0.3) is 0 Å². The monoisotopic (exact) mass is 285 g/mol. The Labute approximate surface area is 121 Å². The summed E-state index contributed by atoms with van der Waals surface area (Å²) in [6.45, 7) is 9.74. The number of likely N-dealkylation sites (N-methyl/N-ethyl adjacent to an activating group) is 1. The van der Waals surface area contributed by atoms with Crippen LogP contribution in [-0.4, -0.2) is 28.0 Å². The van der Waals surface area contributed by atoms with Crippen LogP contribution >= 0.6 is 11.8 Å². The Kier molecular flexibility index (Phi) is 8.14. The van der Waals surface area contributed by atoms with Crippen LogP contribution in [-0.2, 0) is 12.2 Å². The third-order valence-electron chi connectivity index (χ3n) is 3.13. The van der Waals surface area contributed by atoms with E-state index in [1.807, 2.05) is 11.8 Å². The highest BCUT2D eigenvalue weighted by molar-refractivity contribution is 7.99. The smallest absolute Gasteiger partial charge is 0.228 e. The fourth-order valence-electron chi connectivity index (χ4n) is 1.89. The van der Waals surface area contributed by atoms with Gasteiger partial charge < -0.3 is 9.84 Å². The van der Waals surface area contributed by atoms with Gasteiger partial charge in [0.05, 0.1) is 5.75 Å². The van der Waals surface area contributed by atoms with Crippen molar-refractivity contribution in [1.29, 1.82) is 0 Å². The number of nitrogens with zero attached hydrogens (tertiary/aromatic N) is 2. The van der Waals surface area contributed by atoms with Gasteiger partial charge in [0, 0.05) is 17.7 Å². The molecule has 4 nitrogen and oxygen atoms in total. The summed E-state index contributed by atoms with van der Waals surface area (Å²) in [7, 11) is 0. The van der Waals surface area contributed by atoms with Gasteiger partial charge in [-0.25, -0.2) is 0 Å². The van der Waals surface area contributed by atoms with E-state index in [4.69, 9.17) is 4.52 Å². The minimum Gasteiger partial charge on any atom is -0.339 e. The van der Waals surface area contributed by atoms with Crippen molar-refractivity contribution in [2.75, 3.05) is 6.54 Å². The Morgan fingerprint density at radius 3 is 2.74 bits per heavy atom. The predicted octanol–water partition coefficient (Wildman–Crippen LogP) is 3.42. The first-order valence-electron chi connectivity index (χ1n) is 7.35. The fourth-order valence-corrected chi connectivity index (χ4v) is 2.68. The van der Waals surface area contributed by atoms with Gasteiger partial charge in [0.25, 0.3) is 0 Å². The van der Waals surface area contributed by atoms with Crippen LogP contribution in [0.5, 0.6) is 0 Å². The fraction of sp³-hybridized carbons (Fsp3) is 0.857. The van der Waals surface area contributed by atoms with Crippen molar-refractivity contribution in [3.05, 3.63) is 11.7 Å². The van der Waals surface area contributed by atoms with Crippen molar-refractivity contribution in [3.63, 3.8) is 0 Å². The summed E-state index contributed by atoms with van der Waals surface area (Å²) in [5.41, 5.74) is 0. The highest BCUT2D eigenvalue weighted by Gasteiger charge is 2.13. The quantitative estimate of drug-likeness (QED) is 0.714. The van der Waals surface area contributed by atoms with E-state index in [1.165, 1.54) is 12.8 Å². The predicted molar refractivity (Wildman–Crippen MR) is 81.4 cm³/mol. The standard InChI is InChI=1S/C14H27N3OS/c1-5-8-12(15-7-3)9-14-16-13(17-18-14)10-19-11(4)6-2/h11-12,15H,5-10H2,1-4H3.